The molecule has 0 aromatic carbocycles. The van der Waals surface area contributed by atoms with Crippen molar-refractivity contribution in [2.24, 2.45) is 5.73 Å². The number of ether oxygens (including phenoxy) is 1. The second-order valence-electron chi connectivity index (χ2n) is 6.00. The van der Waals surface area contributed by atoms with Crippen LogP contribution in [-0.4, -0.2) is 55.7 Å². The molecule has 0 radical (unpaired) electrons. The predicted molar refractivity (Wildman–Crippen MR) is 79.5 cm³/mol. The van der Waals surface area contributed by atoms with E-state index in [0.717, 1.165) is 58.5 Å². The number of amides is 1. The lowest BCUT2D eigenvalue weighted by Gasteiger charge is -2.32. The Bertz CT molecular complexity index is 285. The molecule has 0 saturated carbocycles. The average molecular weight is 283 g/mol. The van der Waals surface area contributed by atoms with Gasteiger partial charge in [0.2, 0.25) is 5.91 Å². The van der Waals surface area contributed by atoms with Crippen LogP contribution in [0.5, 0.6) is 0 Å². The van der Waals surface area contributed by atoms with Gasteiger partial charge in [0.05, 0.1) is 6.10 Å². The van der Waals surface area contributed by atoms with Crippen molar-refractivity contribution in [2.75, 3.05) is 32.8 Å². The summed E-state index contributed by atoms with van der Waals surface area (Å²) in [5, 5.41) is 3.17. The zero-order valence-corrected chi connectivity index (χ0v) is 12.5. The molecule has 5 nitrogen and oxygen atoms in total. The Morgan fingerprint density at radius 2 is 2.05 bits per heavy atom. The second kappa shape index (κ2) is 8.60. The summed E-state index contributed by atoms with van der Waals surface area (Å²) < 4.78 is 5.66. The molecule has 3 N–H and O–H groups in total. The van der Waals surface area contributed by atoms with E-state index in [4.69, 9.17) is 10.5 Å². The van der Waals surface area contributed by atoms with Gasteiger partial charge >= 0.3 is 0 Å². The molecular formula is C15H29N3O2. The Morgan fingerprint density at radius 1 is 1.25 bits per heavy atom. The fraction of sp³-hybridized carbons (Fsp3) is 0.933. The first-order valence-corrected chi connectivity index (χ1v) is 8.11. The third kappa shape index (κ3) is 5.38. The maximum Gasteiger partial charge on any atom is 0.220 e. The SMILES string of the molecule is NCCN1CCC(NC(=O)CCC2CCCCO2)CC1. The molecule has 0 spiro atoms. The second-order valence-corrected chi connectivity index (χ2v) is 6.00. The molecule has 2 saturated heterocycles. The van der Waals surface area contributed by atoms with E-state index < -0.39 is 0 Å². The van der Waals surface area contributed by atoms with Gasteiger partial charge in [-0.2, -0.15) is 0 Å². The van der Waals surface area contributed by atoms with E-state index in [1.165, 1.54) is 12.8 Å². The number of carbonyl (C=O) groups is 1. The number of likely N-dealkylation sites (tertiary alicyclic amines) is 1. The Hall–Kier alpha value is -0.650. The monoisotopic (exact) mass is 283 g/mol. The van der Waals surface area contributed by atoms with Crippen molar-refractivity contribution in [1.82, 2.24) is 10.2 Å². The first-order valence-electron chi connectivity index (χ1n) is 8.11. The molecular weight excluding hydrogens is 254 g/mol. The summed E-state index contributed by atoms with van der Waals surface area (Å²) in [6, 6.07) is 0.351. The number of piperidine rings is 1. The highest BCUT2D eigenvalue weighted by atomic mass is 16.5. The molecule has 2 heterocycles. The van der Waals surface area contributed by atoms with Gasteiger partial charge in [0.15, 0.2) is 0 Å². The fourth-order valence-corrected chi connectivity index (χ4v) is 3.11. The maximum absolute atomic E-state index is 12.0. The number of carbonyl (C=O) groups excluding carboxylic acids is 1. The van der Waals surface area contributed by atoms with E-state index in [2.05, 4.69) is 10.2 Å². The lowest BCUT2D eigenvalue weighted by molar-refractivity contribution is -0.123. The minimum Gasteiger partial charge on any atom is -0.378 e. The molecule has 1 unspecified atom stereocenters. The van der Waals surface area contributed by atoms with Gasteiger partial charge in [-0.05, 0) is 38.5 Å². The van der Waals surface area contributed by atoms with Gasteiger partial charge in [-0.25, -0.2) is 0 Å². The molecule has 5 heteroatoms. The number of hydrogen-bond donors (Lipinski definition) is 2. The lowest BCUT2D eigenvalue weighted by Crippen LogP contribution is -2.45. The largest absolute Gasteiger partial charge is 0.378 e. The number of nitrogens with two attached hydrogens (primary N) is 1. The van der Waals surface area contributed by atoms with Crippen LogP contribution in [0.4, 0.5) is 0 Å². The van der Waals surface area contributed by atoms with E-state index in [9.17, 15) is 4.79 Å². The Kier molecular flexibility index (Phi) is 6.76. The molecule has 116 valence electrons. The van der Waals surface area contributed by atoms with Crippen LogP contribution in [0.25, 0.3) is 0 Å². The summed E-state index contributed by atoms with van der Waals surface area (Å²) in [6.45, 7) is 4.66. The summed E-state index contributed by atoms with van der Waals surface area (Å²) in [7, 11) is 0. The van der Waals surface area contributed by atoms with Gasteiger partial charge in [-0.3, -0.25) is 4.79 Å². The highest BCUT2D eigenvalue weighted by Gasteiger charge is 2.21. The molecule has 0 aromatic rings. The molecule has 2 fully saturated rings. The maximum atomic E-state index is 12.0. The highest BCUT2D eigenvalue weighted by molar-refractivity contribution is 5.76. The van der Waals surface area contributed by atoms with E-state index >= 15 is 0 Å². The van der Waals surface area contributed by atoms with Gasteiger partial charge in [-0.1, -0.05) is 0 Å². The van der Waals surface area contributed by atoms with Gasteiger partial charge in [0, 0.05) is 45.2 Å². The summed E-state index contributed by atoms with van der Waals surface area (Å²) in [5.74, 6) is 0.191. The molecule has 0 aromatic heterocycles. The van der Waals surface area contributed by atoms with Crippen molar-refractivity contribution in [2.45, 2.75) is 57.1 Å². The van der Waals surface area contributed by atoms with Crippen molar-refractivity contribution in [3.63, 3.8) is 0 Å². The third-order valence-corrected chi connectivity index (χ3v) is 4.37. The van der Waals surface area contributed by atoms with Crippen molar-refractivity contribution < 1.29 is 9.53 Å². The van der Waals surface area contributed by atoms with Gasteiger partial charge in [0.1, 0.15) is 0 Å². The average Bonchev–Trinajstić information content (AvgIpc) is 2.49. The van der Waals surface area contributed by atoms with Gasteiger partial charge in [-0.15, -0.1) is 0 Å². The molecule has 0 aliphatic carbocycles. The zero-order valence-electron chi connectivity index (χ0n) is 12.5. The number of nitrogens with zero attached hydrogens (tertiary/aromatic N) is 1. The lowest BCUT2D eigenvalue weighted by atomic mass is 10.0. The van der Waals surface area contributed by atoms with Crippen LogP contribution in [0.3, 0.4) is 0 Å². The molecule has 1 amide bonds. The molecule has 2 aliphatic rings. The van der Waals surface area contributed by atoms with E-state index in [1.807, 2.05) is 0 Å². The van der Waals surface area contributed by atoms with Crippen LogP contribution >= 0.6 is 0 Å². The standard InChI is InChI=1S/C15H29N3O2/c16-8-11-18-9-6-13(7-10-18)17-15(19)5-4-14-3-1-2-12-20-14/h13-14H,1-12,16H2,(H,17,19). The minimum absolute atomic E-state index is 0.191. The predicted octanol–water partition coefficient (Wildman–Crippen LogP) is 0.875. The summed E-state index contributed by atoms with van der Waals surface area (Å²) in [6.07, 6.45) is 7.41. The Labute approximate surface area is 122 Å². The van der Waals surface area contributed by atoms with Crippen molar-refractivity contribution in [3.8, 4) is 0 Å². The normalized spacial score (nSPS) is 25.6. The first kappa shape index (κ1) is 15.7. The molecule has 2 aliphatic heterocycles. The van der Waals surface area contributed by atoms with Crippen LogP contribution in [0.1, 0.15) is 44.9 Å². The fourth-order valence-electron chi connectivity index (χ4n) is 3.11. The molecule has 20 heavy (non-hydrogen) atoms. The van der Waals surface area contributed by atoms with Crippen LogP contribution in [0, 0.1) is 0 Å². The first-order chi connectivity index (χ1) is 9.78. The molecule has 0 bridgehead atoms. The van der Waals surface area contributed by atoms with Crippen LogP contribution in [0.15, 0.2) is 0 Å². The van der Waals surface area contributed by atoms with Crippen molar-refractivity contribution >= 4 is 5.91 Å². The van der Waals surface area contributed by atoms with E-state index in [-0.39, 0.29) is 5.91 Å². The minimum atomic E-state index is 0.191. The van der Waals surface area contributed by atoms with Crippen molar-refractivity contribution in [3.05, 3.63) is 0 Å². The zero-order chi connectivity index (χ0) is 14.2. The number of hydrogen-bond acceptors (Lipinski definition) is 4. The molecule has 2 rings (SSSR count). The van der Waals surface area contributed by atoms with Crippen LogP contribution in [0.2, 0.25) is 0 Å². The topological polar surface area (TPSA) is 67.6 Å². The Morgan fingerprint density at radius 3 is 2.70 bits per heavy atom. The van der Waals surface area contributed by atoms with Crippen molar-refractivity contribution in [1.29, 1.82) is 0 Å². The van der Waals surface area contributed by atoms with E-state index in [1.54, 1.807) is 0 Å². The highest BCUT2D eigenvalue weighted by Crippen LogP contribution is 2.17. The Balaban J connectivity index is 1.57. The summed E-state index contributed by atoms with van der Waals surface area (Å²) in [5.41, 5.74) is 5.56. The van der Waals surface area contributed by atoms with E-state index in [0.29, 0.717) is 18.6 Å². The summed E-state index contributed by atoms with van der Waals surface area (Å²) in [4.78, 5) is 14.3. The number of nitrogens with one attached hydrogen (secondary N) is 1. The quantitative estimate of drug-likeness (QED) is 0.759. The number of rotatable bonds is 6. The smallest absolute Gasteiger partial charge is 0.220 e. The van der Waals surface area contributed by atoms with Crippen LogP contribution in [-0.2, 0) is 9.53 Å². The summed E-state index contributed by atoms with van der Waals surface area (Å²) >= 11 is 0. The molecule has 1 atom stereocenters. The van der Waals surface area contributed by atoms with Gasteiger partial charge in [0.25, 0.3) is 0 Å². The van der Waals surface area contributed by atoms with Gasteiger partial charge < -0.3 is 20.7 Å². The third-order valence-electron chi connectivity index (χ3n) is 4.37. The van der Waals surface area contributed by atoms with Crippen LogP contribution < -0.4 is 11.1 Å².